The van der Waals surface area contributed by atoms with Crippen LogP contribution in [-0.2, 0) is 20.8 Å². The quantitative estimate of drug-likeness (QED) is 0.550. The van der Waals surface area contributed by atoms with Gasteiger partial charge in [-0.3, -0.25) is 9.36 Å². The summed E-state index contributed by atoms with van der Waals surface area (Å²) >= 11 is 0. The summed E-state index contributed by atoms with van der Waals surface area (Å²) in [4.78, 5) is 42.5. The van der Waals surface area contributed by atoms with E-state index in [9.17, 15) is 18.8 Å². The second-order valence-electron chi connectivity index (χ2n) is 6.30. The highest BCUT2D eigenvalue weighted by Gasteiger charge is 2.24. The topological polar surface area (TPSA) is 97.4 Å². The lowest BCUT2D eigenvalue weighted by Crippen LogP contribution is -2.41. The minimum atomic E-state index is -0.831. The minimum Gasteiger partial charge on any atom is -0.464 e. The Labute approximate surface area is 164 Å². The van der Waals surface area contributed by atoms with Crippen LogP contribution in [0.1, 0.15) is 19.9 Å². The number of halogens is 1. The maximum absolute atomic E-state index is 13.4. The number of ether oxygens (including phenoxy) is 2. The molecule has 0 aliphatic heterocycles. The molecule has 0 bridgehead atoms. The third-order valence-electron chi connectivity index (χ3n) is 4.50. The van der Waals surface area contributed by atoms with Crippen molar-refractivity contribution in [1.82, 2.24) is 18.7 Å². The van der Waals surface area contributed by atoms with Crippen LogP contribution in [0.5, 0.6) is 0 Å². The van der Waals surface area contributed by atoms with Gasteiger partial charge in [0.05, 0.1) is 31.8 Å². The molecule has 2 heterocycles. The lowest BCUT2D eigenvalue weighted by molar-refractivity contribution is -0.146. The highest BCUT2D eigenvalue weighted by Crippen LogP contribution is 2.18. The summed E-state index contributed by atoms with van der Waals surface area (Å²) in [5.74, 6) is -0.999. The van der Waals surface area contributed by atoms with Gasteiger partial charge >= 0.3 is 11.7 Å². The molecule has 0 spiro atoms. The molecule has 1 aromatic carbocycles. The monoisotopic (exact) mass is 404 g/mol. The fraction of sp³-hybridized carbons (Fsp3) is 0.368. The van der Waals surface area contributed by atoms with Crippen LogP contribution in [0.25, 0.3) is 16.9 Å². The number of methoxy groups -OCH3 is 1. The zero-order valence-corrected chi connectivity index (χ0v) is 16.3. The van der Waals surface area contributed by atoms with Gasteiger partial charge in [-0.05, 0) is 38.1 Å². The van der Waals surface area contributed by atoms with E-state index in [0.717, 1.165) is 4.57 Å². The van der Waals surface area contributed by atoms with Gasteiger partial charge in [-0.25, -0.2) is 23.5 Å². The van der Waals surface area contributed by atoms with Crippen molar-refractivity contribution in [2.24, 2.45) is 0 Å². The summed E-state index contributed by atoms with van der Waals surface area (Å²) in [6, 6.07) is 4.40. The Kier molecular flexibility index (Phi) is 5.92. The van der Waals surface area contributed by atoms with Crippen LogP contribution in [0.15, 0.2) is 40.2 Å². The molecule has 1 unspecified atom stereocenters. The van der Waals surface area contributed by atoms with Gasteiger partial charge in [0.2, 0.25) is 0 Å². The van der Waals surface area contributed by atoms with Crippen molar-refractivity contribution < 1.29 is 18.7 Å². The van der Waals surface area contributed by atoms with Gasteiger partial charge in [-0.2, -0.15) is 0 Å². The van der Waals surface area contributed by atoms with Crippen molar-refractivity contribution in [3.63, 3.8) is 0 Å². The molecule has 3 aromatic rings. The molecule has 1 atom stereocenters. The SMILES string of the molecule is CCOC(=O)C(C)n1cnc2c1c(=O)n(CCOC)c(=O)n2-c1ccc(F)cc1. The number of benzene rings is 1. The fourth-order valence-electron chi connectivity index (χ4n) is 3.02. The Bertz CT molecular complexity index is 1150. The number of hydrogen-bond donors (Lipinski definition) is 0. The lowest BCUT2D eigenvalue weighted by atomic mass is 10.3. The number of nitrogens with zero attached hydrogens (tertiary/aromatic N) is 4. The van der Waals surface area contributed by atoms with Crippen molar-refractivity contribution in [3.05, 3.63) is 57.2 Å². The standard InChI is InChI=1S/C19H21FN4O5/c1-4-29-18(26)12(2)23-11-21-16-15(23)17(25)22(9-10-28-3)19(27)24(16)14-7-5-13(20)6-8-14/h5-8,11-12H,4,9-10H2,1-3H3. The van der Waals surface area contributed by atoms with Crippen molar-refractivity contribution >= 4 is 17.1 Å². The summed E-state index contributed by atoms with van der Waals surface area (Å²) < 4.78 is 27.0. The van der Waals surface area contributed by atoms with Crippen LogP contribution < -0.4 is 11.2 Å². The number of carbonyl (C=O) groups excluding carboxylic acids is 1. The average molecular weight is 404 g/mol. The van der Waals surface area contributed by atoms with Crippen LogP contribution in [0.2, 0.25) is 0 Å². The first-order valence-corrected chi connectivity index (χ1v) is 9.04. The van der Waals surface area contributed by atoms with E-state index in [0.29, 0.717) is 5.69 Å². The van der Waals surface area contributed by atoms with Crippen LogP contribution in [0.3, 0.4) is 0 Å². The number of aromatic nitrogens is 4. The molecule has 0 saturated heterocycles. The predicted octanol–water partition coefficient (Wildman–Crippen LogP) is 1.26. The molecule has 0 N–H and O–H groups in total. The molecule has 0 saturated carbocycles. The number of fused-ring (bicyclic) bond motifs is 1. The number of hydrogen-bond acceptors (Lipinski definition) is 6. The molecule has 0 radical (unpaired) electrons. The number of carbonyl (C=O) groups is 1. The Morgan fingerprint density at radius 3 is 2.55 bits per heavy atom. The summed E-state index contributed by atoms with van der Waals surface area (Å²) in [7, 11) is 1.45. The van der Waals surface area contributed by atoms with Gasteiger partial charge in [0.1, 0.15) is 11.9 Å². The zero-order valence-electron chi connectivity index (χ0n) is 16.3. The molecular formula is C19H21FN4O5. The number of imidazole rings is 1. The molecular weight excluding hydrogens is 383 g/mol. The Hall–Kier alpha value is -3.27. The first-order valence-electron chi connectivity index (χ1n) is 9.04. The van der Waals surface area contributed by atoms with E-state index in [4.69, 9.17) is 9.47 Å². The van der Waals surface area contributed by atoms with Gasteiger partial charge in [0, 0.05) is 7.11 Å². The van der Waals surface area contributed by atoms with Crippen LogP contribution in [-0.4, -0.2) is 45.0 Å². The minimum absolute atomic E-state index is 0.00423. The molecule has 0 aliphatic rings. The number of esters is 1. The van der Waals surface area contributed by atoms with Crippen molar-refractivity contribution in [3.8, 4) is 5.69 Å². The van der Waals surface area contributed by atoms with E-state index < -0.39 is 29.1 Å². The smallest absolute Gasteiger partial charge is 0.337 e. The largest absolute Gasteiger partial charge is 0.464 e. The van der Waals surface area contributed by atoms with E-state index in [1.807, 2.05) is 0 Å². The van der Waals surface area contributed by atoms with Gasteiger partial charge in [0.25, 0.3) is 5.56 Å². The molecule has 0 aliphatic carbocycles. The highest BCUT2D eigenvalue weighted by molar-refractivity contribution is 5.79. The molecule has 3 rings (SSSR count). The van der Waals surface area contributed by atoms with Crippen molar-refractivity contribution in [1.29, 1.82) is 0 Å². The van der Waals surface area contributed by atoms with Crippen molar-refractivity contribution in [2.75, 3.05) is 20.3 Å². The molecule has 0 fully saturated rings. The van der Waals surface area contributed by atoms with Crippen LogP contribution >= 0.6 is 0 Å². The summed E-state index contributed by atoms with van der Waals surface area (Å²) in [5, 5.41) is 0. The first-order chi connectivity index (χ1) is 13.9. The molecule has 29 heavy (non-hydrogen) atoms. The third kappa shape index (κ3) is 3.70. The van der Waals surface area contributed by atoms with E-state index in [1.54, 1.807) is 13.8 Å². The fourth-order valence-corrected chi connectivity index (χ4v) is 3.02. The first kappa shape index (κ1) is 20.5. The summed E-state index contributed by atoms with van der Waals surface area (Å²) in [5.41, 5.74) is -0.780. The van der Waals surface area contributed by atoms with E-state index in [-0.39, 0.29) is 30.9 Å². The Balaban J connectivity index is 2.33. The van der Waals surface area contributed by atoms with Crippen LogP contribution in [0.4, 0.5) is 4.39 Å². The van der Waals surface area contributed by atoms with Crippen molar-refractivity contribution in [2.45, 2.75) is 26.4 Å². The normalized spacial score (nSPS) is 12.3. The molecule has 2 aromatic heterocycles. The summed E-state index contributed by atoms with van der Waals surface area (Å²) in [6.45, 7) is 3.58. The average Bonchev–Trinajstić information content (AvgIpc) is 3.14. The van der Waals surface area contributed by atoms with E-state index in [2.05, 4.69) is 4.98 Å². The number of rotatable bonds is 7. The Morgan fingerprint density at radius 2 is 1.93 bits per heavy atom. The predicted molar refractivity (Wildman–Crippen MR) is 103 cm³/mol. The molecule has 0 amide bonds. The van der Waals surface area contributed by atoms with Gasteiger partial charge in [-0.15, -0.1) is 0 Å². The van der Waals surface area contributed by atoms with Gasteiger partial charge in [-0.1, -0.05) is 0 Å². The van der Waals surface area contributed by atoms with E-state index in [1.165, 1.54) is 46.8 Å². The Morgan fingerprint density at radius 1 is 1.24 bits per heavy atom. The maximum Gasteiger partial charge on any atom is 0.337 e. The lowest BCUT2D eigenvalue weighted by Gasteiger charge is -2.15. The molecule has 9 nitrogen and oxygen atoms in total. The second-order valence-corrected chi connectivity index (χ2v) is 6.30. The molecule has 154 valence electrons. The third-order valence-corrected chi connectivity index (χ3v) is 4.50. The van der Waals surface area contributed by atoms with E-state index >= 15 is 0 Å². The van der Waals surface area contributed by atoms with Gasteiger partial charge < -0.3 is 14.0 Å². The highest BCUT2D eigenvalue weighted by atomic mass is 19.1. The maximum atomic E-state index is 13.4. The second kappa shape index (κ2) is 8.39. The zero-order chi connectivity index (χ0) is 21.1. The van der Waals surface area contributed by atoms with Crippen LogP contribution in [0, 0.1) is 5.82 Å². The molecule has 10 heteroatoms. The van der Waals surface area contributed by atoms with Gasteiger partial charge in [0.15, 0.2) is 11.2 Å². The summed E-state index contributed by atoms with van der Waals surface area (Å²) in [6.07, 6.45) is 1.31.